The zero-order valence-corrected chi connectivity index (χ0v) is 11.5. The molecule has 1 N–H and O–H groups in total. The molecule has 0 saturated heterocycles. The van der Waals surface area contributed by atoms with Gasteiger partial charge in [-0.2, -0.15) is 0 Å². The molecule has 2 rings (SSSR count). The Morgan fingerprint density at radius 2 is 1.68 bits per heavy atom. The van der Waals surface area contributed by atoms with E-state index < -0.39 is 18.4 Å². The molecular formula is C17H13FO4. The van der Waals surface area contributed by atoms with Crippen LogP contribution in [0.25, 0.3) is 6.08 Å². The zero-order chi connectivity index (χ0) is 15.9. The van der Waals surface area contributed by atoms with E-state index in [0.717, 1.165) is 5.56 Å². The lowest BCUT2D eigenvalue weighted by atomic mass is 10.1. The molecule has 2 aromatic rings. The Balaban J connectivity index is 1.99. The lowest BCUT2D eigenvalue weighted by Crippen LogP contribution is -2.09. The first kappa shape index (κ1) is 15.4. The van der Waals surface area contributed by atoms with E-state index in [-0.39, 0.29) is 5.78 Å². The number of benzene rings is 2. The molecule has 0 aliphatic heterocycles. The smallest absolute Gasteiger partial charge is 0.341 e. The number of halogens is 1. The molecule has 0 bridgehead atoms. The molecule has 0 spiro atoms. The Morgan fingerprint density at radius 3 is 2.27 bits per heavy atom. The summed E-state index contributed by atoms with van der Waals surface area (Å²) in [5.74, 6) is -1.23. The van der Waals surface area contributed by atoms with E-state index in [4.69, 9.17) is 9.84 Å². The number of hydrogen-bond acceptors (Lipinski definition) is 3. The number of hydrogen-bond donors (Lipinski definition) is 1. The standard InChI is InChI=1S/C17H13FO4/c18-14-6-4-13(5-7-14)16(19)10-3-12-1-8-15(9-2-12)22-11-17(20)21/h1-10H,11H2,(H,20,21)/b10-3+. The van der Waals surface area contributed by atoms with Gasteiger partial charge in [-0.1, -0.05) is 18.2 Å². The Kier molecular flexibility index (Phi) is 5.03. The molecular weight excluding hydrogens is 287 g/mol. The third-order valence-electron chi connectivity index (χ3n) is 2.80. The average molecular weight is 300 g/mol. The van der Waals surface area contributed by atoms with Gasteiger partial charge in [-0.05, 0) is 48.0 Å². The van der Waals surface area contributed by atoms with Crippen molar-refractivity contribution in [2.75, 3.05) is 6.61 Å². The summed E-state index contributed by atoms with van der Waals surface area (Å²) in [7, 11) is 0. The Morgan fingerprint density at radius 1 is 1.05 bits per heavy atom. The highest BCUT2D eigenvalue weighted by atomic mass is 19.1. The third-order valence-corrected chi connectivity index (χ3v) is 2.80. The summed E-state index contributed by atoms with van der Waals surface area (Å²) in [6.45, 7) is -0.405. The van der Waals surface area contributed by atoms with Crippen molar-refractivity contribution >= 4 is 17.8 Å². The van der Waals surface area contributed by atoms with E-state index in [2.05, 4.69) is 0 Å². The summed E-state index contributed by atoms with van der Waals surface area (Å²) in [4.78, 5) is 22.3. The van der Waals surface area contributed by atoms with Crippen molar-refractivity contribution in [1.29, 1.82) is 0 Å². The molecule has 0 fully saturated rings. The van der Waals surface area contributed by atoms with Gasteiger partial charge in [-0.15, -0.1) is 0 Å². The van der Waals surface area contributed by atoms with Gasteiger partial charge in [-0.25, -0.2) is 9.18 Å². The van der Waals surface area contributed by atoms with Gasteiger partial charge in [0.2, 0.25) is 0 Å². The number of rotatable bonds is 6. The minimum Gasteiger partial charge on any atom is -0.482 e. The SMILES string of the molecule is O=C(O)COc1ccc(/C=C/C(=O)c2ccc(F)cc2)cc1. The minimum absolute atomic E-state index is 0.230. The van der Waals surface area contributed by atoms with Crippen LogP contribution in [0.3, 0.4) is 0 Å². The molecule has 22 heavy (non-hydrogen) atoms. The Bertz CT molecular complexity index is 688. The van der Waals surface area contributed by atoms with Crippen molar-refractivity contribution in [2.24, 2.45) is 0 Å². The van der Waals surface area contributed by atoms with Crippen LogP contribution in [0, 0.1) is 5.82 Å². The van der Waals surface area contributed by atoms with Crippen LogP contribution in [-0.4, -0.2) is 23.5 Å². The predicted octanol–water partition coefficient (Wildman–Crippen LogP) is 3.19. The number of carbonyl (C=O) groups excluding carboxylic acids is 1. The van der Waals surface area contributed by atoms with Gasteiger partial charge in [0.25, 0.3) is 0 Å². The number of allylic oxidation sites excluding steroid dienone is 1. The summed E-state index contributed by atoms with van der Waals surface area (Å²) >= 11 is 0. The molecule has 0 atom stereocenters. The summed E-state index contributed by atoms with van der Waals surface area (Å²) in [5, 5.41) is 8.50. The van der Waals surface area contributed by atoms with Gasteiger partial charge in [0.05, 0.1) is 0 Å². The van der Waals surface area contributed by atoms with E-state index >= 15 is 0 Å². The molecule has 5 heteroatoms. The maximum Gasteiger partial charge on any atom is 0.341 e. The van der Waals surface area contributed by atoms with E-state index in [1.165, 1.54) is 30.3 Å². The van der Waals surface area contributed by atoms with E-state index in [9.17, 15) is 14.0 Å². The average Bonchev–Trinajstić information content (AvgIpc) is 2.52. The molecule has 0 heterocycles. The largest absolute Gasteiger partial charge is 0.482 e. The second-order valence-electron chi connectivity index (χ2n) is 4.46. The molecule has 2 aromatic carbocycles. The molecule has 4 nitrogen and oxygen atoms in total. The Hall–Kier alpha value is -2.95. The van der Waals surface area contributed by atoms with Crippen LogP contribution < -0.4 is 4.74 Å². The molecule has 0 aliphatic rings. The van der Waals surface area contributed by atoms with Crippen molar-refractivity contribution in [2.45, 2.75) is 0 Å². The van der Waals surface area contributed by atoms with Crippen molar-refractivity contribution in [1.82, 2.24) is 0 Å². The van der Waals surface area contributed by atoms with Crippen LogP contribution >= 0.6 is 0 Å². The van der Waals surface area contributed by atoms with Crippen LogP contribution in [0.1, 0.15) is 15.9 Å². The first-order chi connectivity index (χ1) is 10.5. The second-order valence-corrected chi connectivity index (χ2v) is 4.46. The zero-order valence-electron chi connectivity index (χ0n) is 11.5. The van der Waals surface area contributed by atoms with Gasteiger partial charge in [0.15, 0.2) is 12.4 Å². The lowest BCUT2D eigenvalue weighted by molar-refractivity contribution is -0.139. The second kappa shape index (κ2) is 7.17. The van der Waals surface area contributed by atoms with Crippen molar-refractivity contribution in [3.63, 3.8) is 0 Å². The Labute approximate surface area is 126 Å². The fourth-order valence-corrected chi connectivity index (χ4v) is 1.70. The highest BCUT2D eigenvalue weighted by Gasteiger charge is 2.02. The molecule has 0 aromatic heterocycles. The van der Waals surface area contributed by atoms with Crippen molar-refractivity contribution in [3.05, 3.63) is 71.6 Å². The fourth-order valence-electron chi connectivity index (χ4n) is 1.70. The van der Waals surface area contributed by atoms with Crippen molar-refractivity contribution < 1.29 is 23.8 Å². The van der Waals surface area contributed by atoms with Gasteiger partial charge in [0, 0.05) is 5.56 Å². The highest BCUT2D eigenvalue weighted by molar-refractivity contribution is 6.06. The summed E-state index contributed by atoms with van der Waals surface area (Å²) < 4.78 is 17.8. The molecule has 0 amide bonds. The lowest BCUT2D eigenvalue weighted by Gasteiger charge is -2.02. The van der Waals surface area contributed by atoms with Crippen molar-refractivity contribution in [3.8, 4) is 5.75 Å². The van der Waals surface area contributed by atoms with E-state index in [0.29, 0.717) is 11.3 Å². The van der Waals surface area contributed by atoms with Crippen LogP contribution in [0.2, 0.25) is 0 Å². The summed E-state index contributed by atoms with van der Waals surface area (Å²) in [6, 6.07) is 11.9. The molecule has 0 unspecified atom stereocenters. The monoisotopic (exact) mass is 300 g/mol. The highest BCUT2D eigenvalue weighted by Crippen LogP contribution is 2.14. The van der Waals surface area contributed by atoms with Gasteiger partial charge < -0.3 is 9.84 Å². The van der Waals surface area contributed by atoms with Crippen LogP contribution in [0.5, 0.6) is 5.75 Å². The normalized spacial score (nSPS) is 10.6. The van der Waals surface area contributed by atoms with Crippen LogP contribution in [0.4, 0.5) is 4.39 Å². The predicted molar refractivity (Wildman–Crippen MR) is 79.3 cm³/mol. The number of ether oxygens (including phenoxy) is 1. The number of carboxylic acid groups (broad SMARTS) is 1. The molecule has 112 valence electrons. The van der Waals surface area contributed by atoms with Gasteiger partial charge in [-0.3, -0.25) is 4.79 Å². The third kappa shape index (κ3) is 4.56. The molecule has 0 aliphatic carbocycles. The number of carbonyl (C=O) groups is 2. The van der Waals surface area contributed by atoms with Crippen LogP contribution in [-0.2, 0) is 4.79 Å². The van der Waals surface area contributed by atoms with Crippen LogP contribution in [0.15, 0.2) is 54.6 Å². The minimum atomic E-state index is -1.05. The number of carboxylic acids is 1. The first-order valence-corrected chi connectivity index (χ1v) is 6.47. The fraction of sp³-hybridized carbons (Fsp3) is 0.0588. The van der Waals surface area contributed by atoms with E-state index in [1.54, 1.807) is 30.3 Å². The summed E-state index contributed by atoms with van der Waals surface area (Å²) in [5.41, 5.74) is 1.16. The maximum atomic E-state index is 12.8. The summed E-state index contributed by atoms with van der Waals surface area (Å²) in [6.07, 6.45) is 3.01. The maximum absolute atomic E-state index is 12.8. The molecule has 0 saturated carbocycles. The van der Waals surface area contributed by atoms with Gasteiger partial charge >= 0.3 is 5.97 Å². The van der Waals surface area contributed by atoms with Gasteiger partial charge in [0.1, 0.15) is 11.6 Å². The molecule has 0 radical (unpaired) electrons. The van der Waals surface area contributed by atoms with E-state index in [1.807, 2.05) is 0 Å². The first-order valence-electron chi connectivity index (χ1n) is 6.47. The number of ketones is 1. The quantitative estimate of drug-likeness (QED) is 0.657. The topological polar surface area (TPSA) is 63.6 Å². The number of aliphatic carboxylic acids is 1.